The number of carbonyl (C=O) groups is 3. The molecular weight excluding hydrogens is 282 g/mol. The highest BCUT2D eigenvalue weighted by molar-refractivity contribution is 6.31. The lowest BCUT2D eigenvalue weighted by molar-refractivity contribution is -0.142. The van der Waals surface area contributed by atoms with Crippen molar-refractivity contribution in [2.45, 2.75) is 45.4 Å². The number of Topliss-reactive ketones (excluding diaryl/α,β-unsaturated/α-hetero) is 3. The Bertz CT molecular complexity index is 559. The third kappa shape index (κ3) is 2.56. The summed E-state index contributed by atoms with van der Waals surface area (Å²) in [5.41, 5.74) is 16.2. The van der Waals surface area contributed by atoms with Crippen LogP contribution in [-0.2, 0) is 19.8 Å². The first-order valence-corrected chi connectivity index (χ1v) is 7.32. The van der Waals surface area contributed by atoms with Crippen LogP contribution in [-0.4, -0.2) is 17.3 Å². The SMILES string of the molecule is CCC(=O)C(C(=O)CC)(C(=O)CC)c1c(N)cc(N)cc1N. The number of nitrogens with two attached hydrogens (primary N) is 3. The highest BCUT2D eigenvalue weighted by Gasteiger charge is 2.52. The van der Waals surface area contributed by atoms with Gasteiger partial charge in [0.1, 0.15) is 0 Å². The summed E-state index contributed by atoms with van der Waals surface area (Å²) in [5, 5.41) is 0. The molecule has 0 heterocycles. The summed E-state index contributed by atoms with van der Waals surface area (Å²) in [5.74, 6) is -1.47. The van der Waals surface area contributed by atoms with Crippen LogP contribution < -0.4 is 17.2 Å². The van der Waals surface area contributed by atoms with Crippen molar-refractivity contribution in [1.82, 2.24) is 0 Å². The van der Waals surface area contributed by atoms with Gasteiger partial charge in [-0.25, -0.2) is 0 Å². The molecule has 6 heteroatoms. The molecule has 6 nitrogen and oxygen atoms in total. The first-order valence-electron chi connectivity index (χ1n) is 7.32. The van der Waals surface area contributed by atoms with Crippen molar-refractivity contribution in [3.05, 3.63) is 17.7 Å². The molecule has 0 unspecified atom stereocenters. The van der Waals surface area contributed by atoms with Gasteiger partial charge in [-0.3, -0.25) is 14.4 Å². The molecule has 0 aliphatic heterocycles. The van der Waals surface area contributed by atoms with E-state index in [0.717, 1.165) is 0 Å². The Labute approximate surface area is 130 Å². The molecule has 0 radical (unpaired) electrons. The lowest BCUT2D eigenvalue weighted by Crippen LogP contribution is -2.51. The third-order valence-electron chi connectivity index (χ3n) is 3.81. The van der Waals surface area contributed by atoms with E-state index in [4.69, 9.17) is 17.2 Å². The molecule has 6 N–H and O–H groups in total. The fraction of sp³-hybridized carbons (Fsp3) is 0.438. The molecule has 0 atom stereocenters. The van der Waals surface area contributed by atoms with E-state index in [1.165, 1.54) is 12.1 Å². The molecule has 0 aliphatic rings. The molecule has 0 aliphatic carbocycles. The van der Waals surface area contributed by atoms with Gasteiger partial charge >= 0.3 is 0 Å². The molecule has 22 heavy (non-hydrogen) atoms. The number of rotatable bonds is 7. The Morgan fingerprint density at radius 3 is 1.41 bits per heavy atom. The minimum Gasteiger partial charge on any atom is -0.399 e. The van der Waals surface area contributed by atoms with Crippen molar-refractivity contribution in [3.8, 4) is 0 Å². The normalized spacial score (nSPS) is 11.2. The Morgan fingerprint density at radius 1 is 0.818 bits per heavy atom. The predicted molar refractivity (Wildman–Crippen MR) is 87.3 cm³/mol. The lowest BCUT2D eigenvalue weighted by Gasteiger charge is -2.31. The van der Waals surface area contributed by atoms with Gasteiger partial charge in [-0.15, -0.1) is 0 Å². The standard InChI is InChI=1S/C16H23N3O3/c1-4-12(20)16(13(21)5-2,14(22)6-3)15-10(18)7-9(17)8-11(15)19/h7-8H,4-6,17-19H2,1-3H3. The van der Waals surface area contributed by atoms with Crippen LogP contribution in [0.1, 0.15) is 45.6 Å². The summed E-state index contributed by atoms with van der Waals surface area (Å²) in [6.45, 7) is 4.81. The second-order valence-corrected chi connectivity index (χ2v) is 5.15. The second kappa shape index (κ2) is 6.60. The summed E-state index contributed by atoms with van der Waals surface area (Å²) in [4.78, 5) is 37.9. The van der Waals surface area contributed by atoms with Gasteiger partial charge in [-0.05, 0) is 12.1 Å². The number of carbonyl (C=O) groups excluding carboxylic acids is 3. The highest BCUT2D eigenvalue weighted by Crippen LogP contribution is 2.40. The summed E-state index contributed by atoms with van der Waals surface area (Å²) in [7, 11) is 0. The van der Waals surface area contributed by atoms with Gasteiger partial charge in [-0.2, -0.15) is 0 Å². The van der Waals surface area contributed by atoms with E-state index in [2.05, 4.69) is 0 Å². The molecule has 0 saturated carbocycles. The van der Waals surface area contributed by atoms with Crippen LogP contribution in [0.15, 0.2) is 12.1 Å². The van der Waals surface area contributed by atoms with Crippen LogP contribution in [0.2, 0.25) is 0 Å². The van der Waals surface area contributed by atoms with E-state index in [0.29, 0.717) is 5.69 Å². The van der Waals surface area contributed by atoms with Gasteiger partial charge in [-0.1, -0.05) is 20.8 Å². The zero-order valence-electron chi connectivity index (χ0n) is 13.2. The molecule has 0 amide bonds. The molecule has 1 aromatic carbocycles. The molecular formula is C16H23N3O3. The number of benzene rings is 1. The maximum absolute atomic E-state index is 12.6. The van der Waals surface area contributed by atoms with Gasteiger partial charge in [0.15, 0.2) is 22.8 Å². The summed E-state index contributed by atoms with van der Waals surface area (Å²) in [6, 6.07) is 2.82. The van der Waals surface area contributed by atoms with Gasteiger partial charge in [0.25, 0.3) is 0 Å². The van der Waals surface area contributed by atoms with Gasteiger partial charge in [0.05, 0.1) is 0 Å². The molecule has 1 rings (SSSR count). The molecule has 0 fully saturated rings. The van der Waals surface area contributed by atoms with E-state index >= 15 is 0 Å². The predicted octanol–water partition coefficient (Wildman–Crippen LogP) is 1.61. The molecule has 1 aromatic rings. The largest absolute Gasteiger partial charge is 0.399 e. The fourth-order valence-corrected chi connectivity index (χ4v) is 2.83. The number of hydrogen-bond donors (Lipinski definition) is 3. The van der Waals surface area contributed by atoms with Crippen molar-refractivity contribution in [3.63, 3.8) is 0 Å². The monoisotopic (exact) mass is 305 g/mol. The zero-order chi connectivity index (χ0) is 17.1. The highest BCUT2D eigenvalue weighted by atomic mass is 16.2. The lowest BCUT2D eigenvalue weighted by atomic mass is 9.66. The first-order chi connectivity index (χ1) is 10.3. The van der Waals surface area contributed by atoms with E-state index in [1.54, 1.807) is 20.8 Å². The van der Waals surface area contributed by atoms with E-state index in [-0.39, 0.29) is 36.2 Å². The first kappa shape index (κ1) is 17.7. The van der Waals surface area contributed by atoms with Crippen LogP contribution in [0, 0.1) is 0 Å². The smallest absolute Gasteiger partial charge is 0.174 e. The van der Waals surface area contributed by atoms with Gasteiger partial charge in [0.2, 0.25) is 0 Å². The second-order valence-electron chi connectivity index (χ2n) is 5.15. The van der Waals surface area contributed by atoms with Crippen LogP contribution in [0.4, 0.5) is 17.1 Å². The molecule has 0 spiro atoms. The molecule has 120 valence electrons. The molecule has 0 bridgehead atoms. The van der Waals surface area contributed by atoms with Crippen molar-refractivity contribution in [2.24, 2.45) is 0 Å². The average Bonchev–Trinajstić information content (AvgIpc) is 2.48. The van der Waals surface area contributed by atoms with E-state index < -0.39 is 22.8 Å². The van der Waals surface area contributed by atoms with Crippen molar-refractivity contribution >= 4 is 34.4 Å². The minimum atomic E-state index is -1.93. The molecule has 0 saturated heterocycles. The maximum Gasteiger partial charge on any atom is 0.174 e. The van der Waals surface area contributed by atoms with Crippen molar-refractivity contribution in [1.29, 1.82) is 0 Å². The number of anilines is 3. The fourth-order valence-electron chi connectivity index (χ4n) is 2.83. The van der Waals surface area contributed by atoms with E-state index in [9.17, 15) is 14.4 Å². The Balaban J connectivity index is 3.89. The van der Waals surface area contributed by atoms with Crippen molar-refractivity contribution < 1.29 is 14.4 Å². The van der Waals surface area contributed by atoms with Gasteiger partial charge in [0, 0.05) is 41.9 Å². The maximum atomic E-state index is 12.6. The number of hydrogen-bond acceptors (Lipinski definition) is 6. The summed E-state index contributed by atoms with van der Waals surface area (Å²) in [6.07, 6.45) is 0.0855. The van der Waals surface area contributed by atoms with Crippen LogP contribution >= 0.6 is 0 Å². The minimum absolute atomic E-state index is 0.0285. The number of nitrogen functional groups attached to an aromatic ring is 3. The van der Waals surface area contributed by atoms with E-state index in [1.807, 2.05) is 0 Å². The number of ketones is 3. The third-order valence-corrected chi connectivity index (χ3v) is 3.81. The van der Waals surface area contributed by atoms with Crippen LogP contribution in [0.5, 0.6) is 0 Å². The Morgan fingerprint density at radius 2 is 1.14 bits per heavy atom. The topological polar surface area (TPSA) is 129 Å². The van der Waals surface area contributed by atoms with Crippen molar-refractivity contribution in [2.75, 3.05) is 17.2 Å². The Kier molecular flexibility index (Phi) is 5.30. The van der Waals surface area contributed by atoms with Gasteiger partial charge < -0.3 is 17.2 Å². The molecule has 0 aromatic heterocycles. The summed E-state index contributed by atoms with van der Waals surface area (Å²) >= 11 is 0. The summed E-state index contributed by atoms with van der Waals surface area (Å²) < 4.78 is 0. The zero-order valence-corrected chi connectivity index (χ0v) is 13.2. The Hall–Kier alpha value is -2.37. The van der Waals surface area contributed by atoms with Crippen LogP contribution in [0.3, 0.4) is 0 Å². The average molecular weight is 305 g/mol. The van der Waals surface area contributed by atoms with Crippen LogP contribution in [0.25, 0.3) is 0 Å². The quantitative estimate of drug-likeness (QED) is 0.518.